The number of nitrogens with one attached hydrogen (secondary N) is 1. The molecule has 0 aliphatic heterocycles. The van der Waals surface area contributed by atoms with E-state index in [0.717, 1.165) is 12.8 Å². The molecule has 112 valence electrons. The summed E-state index contributed by atoms with van der Waals surface area (Å²) in [7, 11) is 0. The van der Waals surface area contributed by atoms with Gasteiger partial charge >= 0.3 is 12.0 Å². The van der Waals surface area contributed by atoms with Crippen LogP contribution < -0.4 is 5.32 Å². The standard InChI is InChI=1S/C14H23N3O3/c1-3-14(4-2,12(18)19)10-16-13(20)17(9-5-8-15)11-6-7-11/h11H,3-7,9-10H2,1-2H3,(H,16,20)(H,18,19). The largest absolute Gasteiger partial charge is 0.481 e. The van der Waals surface area contributed by atoms with Crippen molar-refractivity contribution in [2.24, 2.45) is 5.41 Å². The molecule has 0 spiro atoms. The minimum Gasteiger partial charge on any atom is -0.481 e. The summed E-state index contributed by atoms with van der Waals surface area (Å²) >= 11 is 0. The Kier molecular flexibility index (Phi) is 5.81. The smallest absolute Gasteiger partial charge is 0.317 e. The predicted molar refractivity (Wildman–Crippen MR) is 74.0 cm³/mol. The first-order valence-electron chi connectivity index (χ1n) is 7.15. The molecule has 0 saturated heterocycles. The molecule has 0 unspecified atom stereocenters. The Morgan fingerprint density at radius 2 is 2.00 bits per heavy atom. The molecule has 0 aromatic carbocycles. The lowest BCUT2D eigenvalue weighted by atomic mass is 9.82. The Morgan fingerprint density at radius 1 is 1.40 bits per heavy atom. The van der Waals surface area contributed by atoms with Gasteiger partial charge < -0.3 is 15.3 Å². The first-order valence-corrected chi connectivity index (χ1v) is 7.15. The van der Waals surface area contributed by atoms with E-state index in [4.69, 9.17) is 5.26 Å². The van der Waals surface area contributed by atoms with Crippen LogP contribution in [0.4, 0.5) is 4.79 Å². The maximum absolute atomic E-state index is 12.1. The number of rotatable bonds is 8. The van der Waals surface area contributed by atoms with E-state index in [0.29, 0.717) is 25.8 Å². The highest BCUT2D eigenvalue weighted by Crippen LogP contribution is 2.28. The fraction of sp³-hybridized carbons (Fsp3) is 0.786. The van der Waals surface area contributed by atoms with Crippen molar-refractivity contribution in [2.75, 3.05) is 13.1 Å². The highest BCUT2D eigenvalue weighted by atomic mass is 16.4. The number of hydrogen-bond donors (Lipinski definition) is 2. The Hall–Kier alpha value is -1.77. The molecule has 1 aliphatic carbocycles. The fourth-order valence-corrected chi connectivity index (χ4v) is 2.23. The average Bonchev–Trinajstić information content (AvgIpc) is 3.25. The molecule has 0 aromatic rings. The van der Waals surface area contributed by atoms with Crippen LogP contribution >= 0.6 is 0 Å². The van der Waals surface area contributed by atoms with Crippen LogP contribution in [0.2, 0.25) is 0 Å². The van der Waals surface area contributed by atoms with E-state index in [1.54, 1.807) is 4.90 Å². The highest BCUT2D eigenvalue weighted by molar-refractivity contribution is 5.78. The van der Waals surface area contributed by atoms with E-state index in [1.165, 1.54) is 0 Å². The zero-order valence-corrected chi connectivity index (χ0v) is 12.2. The number of amides is 2. The van der Waals surface area contributed by atoms with Crippen LogP contribution in [0.15, 0.2) is 0 Å². The van der Waals surface area contributed by atoms with Crippen LogP contribution in [0, 0.1) is 16.7 Å². The van der Waals surface area contributed by atoms with E-state index in [9.17, 15) is 14.7 Å². The number of urea groups is 1. The van der Waals surface area contributed by atoms with Gasteiger partial charge in [-0.3, -0.25) is 4.79 Å². The van der Waals surface area contributed by atoms with E-state index < -0.39 is 11.4 Å². The van der Waals surface area contributed by atoms with Crippen molar-refractivity contribution in [1.29, 1.82) is 5.26 Å². The second-order valence-electron chi connectivity index (χ2n) is 5.28. The van der Waals surface area contributed by atoms with Gasteiger partial charge in [-0.05, 0) is 25.7 Å². The summed E-state index contributed by atoms with van der Waals surface area (Å²) in [4.78, 5) is 25.2. The van der Waals surface area contributed by atoms with Crippen molar-refractivity contribution in [1.82, 2.24) is 10.2 Å². The molecule has 0 radical (unpaired) electrons. The van der Waals surface area contributed by atoms with Crippen molar-refractivity contribution in [2.45, 2.75) is 52.0 Å². The quantitative estimate of drug-likeness (QED) is 0.711. The number of carboxylic acid groups (broad SMARTS) is 1. The number of hydrogen-bond acceptors (Lipinski definition) is 3. The molecule has 0 heterocycles. The minimum atomic E-state index is -0.903. The Bertz CT molecular complexity index is 395. The lowest BCUT2D eigenvalue weighted by Gasteiger charge is -2.29. The van der Waals surface area contributed by atoms with Crippen molar-refractivity contribution >= 4 is 12.0 Å². The van der Waals surface area contributed by atoms with Crippen molar-refractivity contribution in [3.8, 4) is 6.07 Å². The molecule has 0 atom stereocenters. The molecule has 0 aromatic heterocycles. The maximum Gasteiger partial charge on any atom is 0.317 e. The SMILES string of the molecule is CCC(CC)(CNC(=O)N(CCC#N)C1CC1)C(=O)O. The summed E-state index contributed by atoms with van der Waals surface area (Å²) in [6, 6.07) is 1.99. The normalized spacial score (nSPS) is 14.4. The molecule has 0 bridgehead atoms. The molecule has 1 aliphatic rings. The van der Waals surface area contributed by atoms with Gasteiger partial charge in [-0.15, -0.1) is 0 Å². The van der Waals surface area contributed by atoms with Gasteiger partial charge in [0.05, 0.1) is 17.9 Å². The third-order valence-electron chi connectivity index (χ3n) is 4.10. The molecular weight excluding hydrogens is 258 g/mol. The fourth-order valence-electron chi connectivity index (χ4n) is 2.23. The summed E-state index contributed by atoms with van der Waals surface area (Å²) in [6.07, 6.45) is 3.17. The van der Waals surface area contributed by atoms with Crippen molar-refractivity contribution < 1.29 is 14.7 Å². The molecule has 6 heteroatoms. The number of carboxylic acids is 1. The van der Waals surface area contributed by atoms with Gasteiger partial charge in [-0.25, -0.2) is 4.79 Å². The Labute approximate surface area is 119 Å². The molecule has 1 fully saturated rings. The third kappa shape index (κ3) is 3.86. The number of nitriles is 1. The van der Waals surface area contributed by atoms with E-state index in [1.807, 2.05) is 19.9 Å². The first kappa shape index (κ1) is 16.3. The van der Waals surface area contributed by atoms with Gasteiger partial charge in [0, 0.05) is 19.1 Å². The Balaban J connectivity index is 2.59. The zero-order chi connectivity index (χ0) is 15.2. The maximum atomic E-state index is 12.1. The summed E-state index contributed by atoms with van der Waals surface area (Å²) in [5, 5.41) is 20.7. The summed E-state index contributed by atoms with van der Waals surface area (Å²) < 4.78 is 0. The number of carbonyl (C=O) groups is 2. The van der Waals surface area contributed by atoms with Gasteiger partial charge in [-0.2, -0.15) is 5.26 Å². The number of carbonyl (C=O) groups excluding carboxylic acids is 1. The van der Waals surface area contributed by atoms with Crippen LogP contribution in [0.5, 0.6) is 0 Å². The summed E-state index contributed by atoms with van der Waals surface area (Å²) in [5.74, 6) is -0.877. The molecule has 1 rings (SSSR count). The third-order valence-corrected chi connectivity index (χ3v) is 4.10. The molecule has 2 amide bonds. The van der Waals surface area contributed by atoms with Crippen LogP contribution in [-0.2, 0) is 4.79 Å². The van der Waals surface area contributed by atoms with Gasteiger partial charge in [0.2, 0.25) is 0 Å². The second-order valence-corrected chi connectivity index (χ2v) is 5.28. The van der Waals surface area contributed by atoms with Crippen LogP contribution in [0.3, 0.4) is 0 Å². The summed E-state index contributed by atoms with van der Waals surface area (Å²) in [5.41, 5.74) is -0.903. The van der Waals surface area contributed by atoms with E-state index in [2.05, 4.69) is 5.32 Å². The zero-order valence-electron chi connectivity index (χ0n) is 12.2. The van der Waals surface area contributed by atoms with Crippen molar-refractivity contribution in [3.05, 3.63) is 0 Å². The number of nitrogens with zero attached hydrogens (tertiary/aromatic N) is 2. The lowest BCUT2D eigenvalue weighted by molar-refractivity contribution is -0.149. The first-order chi connectivity index (χ1) is 9.50. The van der Waals surface area contributed by atoms with Crippen molar-refractivity contribution in [3.63, 3.8) is 0 Å². The van der Waals surface area contributed by atoms with E-state index >= 15 is 0 Å². The highest BCUT2D eigenvalue weighted by Gasteiger charge is 2.37. The molecule has 1 saturated carbocycles. The molecule has 20 heavy (non-hydrogen) atoms. The average molecular weight is 281 g/mol. The van der Waals surface area contributed by atoms with Gasteiger partial charge in [-0.1, -0.05) is 13.8 Å². The van der Waals surface area contributed by atoms with Gasteiger partial charge in [0.15, 0.2) is 0 Å². The molecule has 6 nitrogen and oxygen atoms in total. The van der Waals surface area contributed by atoms with Crippen LogP contribution in [0.1, 0.15) is 46.0 Å². The van der Waals surface area contributed by atoms with Gasteiger partial charge in [0.25, 0.3) is 0 Å². The molecule has 2 N–H and O–H groups in total. The number of aliphatic carboxylic acids is 1. The Morgan fingerprint density at radius 3 is 2.40 bits per heavy atom. The molecular formula is C14H23N3O3. The second kappa shape index (κ2) is 7.13. The lowest BCUT2D eigenvalue weighted by Crippen LogP contribution is -2.48. The summed E-state index contributed by atoms with van der Waals surface area (Å²) in [6.45, 7) is 4.17. The monoisotopic (exact) mass is 281 g/mol. The van der Waals surface area contributed by atoms with E-state index in [-0.39, 0.29) is 18.6 Å². The van der Waals surface area contributed by atoms with Crippen LogP contribution in [-0.4, -0.2) is 41.1 Å². The predicted octanol–water partition coefficient (Wildman–Crippen LogP) is 1.97. The topological polar surface area (TPSA) is 93.4 Å². The van der Waals surface area contributed by atoms with Crippen LogP contribution in [0.25, 0.3) is 0 Å². The minimum absolute atomic E-state index is 0.129. The van der Waals surface area contributed by atoms with Gasteiger partial charge in [0.1, 0.15) is 0 Å².